The van der Waals surface area contributed by atoms with Gasteiger partial charge in [0.05, 0.1) is 6.61 Å². The van der Waals surface area contributed by atoms with Crippen molar-refractivity contribution in [3.05, 3.63) is 23.8 Å². The second-order valence-electron chi connectivity index (χ2n) is 6.16. The molecular formula is C17H32BrN3O. The van der Waals surface area contributed by atoms with Gasteiger partial charge in [-0.15, -0.1) is 0 Å². The molecule has 1 fully saturated rings. The van der Waals surface area contributed by atoms with Crippen LogP contribution in [0.5, 0.6) is 0 Å². The van der Waals surface area contributed by atoms with Crippen LogP contribution >= 0.6 is 15.9 Å². The topological polar surface area (TPSA) is 41.7 Å². The molecule has 0 radical (unpaired) electrons. The van der Waals surface area contributed by atoms with Gasteiger partial charge in [-0.25, -0.2) is 0 Å². The summed E-state index contributed by atoms with van der Waals surface area (Å²) in [6, 6.07) is 0. The number of allylic oxidation sites excluding steroid dienone is 1. The molecule has 0 amide bonds. The predicted molar refractivity (Wildman–Crippen MR) is 98.6 cm³/mol. The minimum absolute atomic E-state index is 0.601. The lowest BCUT2D eigenvalue weighted by molar-refractivity contribution is 0.0664. The van der Waals surface area contributed by atoms with E-state index >= 15 is 0 Å². The van der Waals surface area contributed by atoms with Crippen molar-refractivity contribution >= 4 is 15.9 Å². The van der Waals surface area contributed by atoms with Crippen molar-refractivity contribution in [2.45, 2.75) is 13.8 Å². The second-order valence-corrected chi connectivity index (χ2v) is 6.81. The number of ether oxygens (including phenoxy) is 1. The van der Waals surface area contributed by atoms with Gasteiger partial charge >= 0.3 is 0 Å². The monoisotopic (exact) mass is 373 g/mol. The molecule has 0 aromatic rings. The van der Waals surface area contributed by atoms with Crippen molar-refractivity contribution in [2.75, 3.05) is 64.4 Å². The van der Waals surface area contributed by atoms with E-state index < -0.39 is 0 Å². The summed E-state index contributed by atoms with van der Waals surface area (Å²) in [5, 5.41) is 0.893. The number of rotatable bonds is 10. The van der Waals surface area contributed by atoms with Gasteiger partial charge in [-0.2, -0.15) is 0 Å². The highest BCUT2D eigenvalue weighted by atomic mass is 79.9. The quantitative estimate of drug-likeness (QED) is 0.361. The lowest BCUT2D eigenvalue weighted by Crippen LogP contribution is -2.47. The molecule has 22 heavy (non-hydrogen) atoms. The van der Waals surface area contributed by atoms with Gasteiger partial charge in [0.1, 0.15) is 0 Å². The van der Waals surface area contributed by atoms with Crippen LogP contribution in [-0.4, -0.2) is 74.2 Å². The molecule has 0 atom stereocenters. The number of alkyl halides is 1. The summed E-state index contributed by atoms with van der Waals surface area (Å²) in [4.78, 5) is 5.02. The van der Waals surface area contributed by atoms with E-state index in [-0.39, 0.29) is 0 Å². The second kappa shape index (κ2) is 12.3. The smallest absolute Gasteiger partial charge is 0.0593 e. The molecule has 0 bridgehead atoms. The summed E-state index contributed by atoms with van der Waals surface area (Å²) in [6.45, 7) is 13.3. The maximum atomic E-state index is 5.67. The third-order valence-corrected chi connectivity index (χ3v) is 4.01. The van der Waals surface area contributed by atoms with E-state index in [1.165, 1.54) is 5.57 Å². The molecule has 4 nitrogen and oxygen atoms in total. The zero-order chi connectivity index (χ0) is 16.2. The van der Waals surface area contributed by atoms with Crippen molar-refractivity contribution in [1.82, 2.24) is 9.80 Å². The third kappa shape index (κ3) is 9.06. The molecule has 1 heterocycles. The molecular weight excluding hydrogens is 342 g/mol. The van der Waals surface area contributed by atoms with Gasteiger partial charge in [-0.3, -0.25) is 9.80 Å². The Morgan fingerprint density at radius 3 is 2.50 bits per heavy atom. The lowest BCUT2D eigenvalue weighted by atomic mass is 10.2. The van der Waals surface area contributed by atoms with Gasteiger partial charge in [-0.05, 0) is 11.5 Å². The van der Waals surface area contributed by atoms with E-state index in [1.54, 1.807) is 0 Å². The summed E-state index contributed by atoms with van der Waals surface area (Å²) < 4.78 is 5.67. The Morgan fingerprint density at radius 1 is 1.23 bits per heavy atom. The van der Waals surface area contributed by atoms with Gasteiger partial charge in [0, 0.05) is 57.8 Å². The van der Waals surface area contributed by atoms with Gasteiger partial charge in [0.15, 0.2) is 0 Å². The number of nitrogens with two attached hydrogens (primary N) is 1. The van der Waals surface area contributed by atoms with Crippen LogP contribution in [0.1, 0.15) is 13.8 Å². The summed E-state index contributed by atoms with van der Waals surface area (Å²) in [5.41, 5.74) is 6.89. The number of nitrogens with zero attached hydrogens (tertiary/aromatic N) is 2. The van der Waals surface area contributed by atoms with Crippen LogP contribution in [-0.2, 0) is 4.74 Å². The van der Waals surface area contributed by atoms with Gasteiger partial charge < -0.3 is 10.5 Å². The molecule has 0 aliphatic carbocycles. The van der Waals surface area contributed by atoms with Crippen LogP contribution in [0.15, 0.2) is 23.8 Å². The molecule has 0 spiro atoms. The fraction of sp³-hybridized carbons (Fsp3) is 0.765. The van der Waals surface area contributed by atoms with Gasteiger partial charge in [0.2, 0.25) is 0 Å². The Hall–Kier alpha value is -0.200. The average molecular weight is 374 g/mol. The number of hydrogen-bond donors (Lipinski definition) is 1. The molecule has 1 saturated heterocycles. The molecule has 2 N–H and O–H groups in total. The summed E-state index contributed by atoms with van der Waals surface area (Å²) in [5.74, 6) is 0.623. The van der Waals surface area contributed by atoms with Crippen molar-refractivity contribution < 1.29 is 4.74 Å². The molecule has 0 aromatic carbocycles. The Bertz CT molecular complexity index is 337. The first-order valence-corrected chi connectivity index (χ1v) is 9.42. The van der Waals surface area contributed by atoms with E-state index in [2.05, 4.69) is 51.7 Å². The Labute approximate surface area is 144 Å². The van der Waals surface area contributed by atoms with Crippen LogP contribution in [0.4, 0.5) is 0 Å². The van der Waals surface area contributed by atoms with E-state index in [1.807, 2.05) is 6.08 Å². The molecule has 5 heteroatoms. The van der Waals surface area contributed by atoms with Crippen LogP contribution in [0, 0.1) is 5.92 Å². The fourth-order valence-corrected chi connectivity index (χ4v) is 2.86. The zero-order valence-electron chi connectivity index (χ0n) is 14.1. The maximum Gasteiger partial charge on any atom is 0.0593 e. The van der Waals surface area contributed by atoms with Crippen LogP contribution in [0.3, 0.4) is 0 Å². The Kier molecular flexibility index (Phi) is 11.1. The Morgan fingerprint density at radius 2 is 1.91 bits per heavy atom. The third-order valence-electron chi connectivity index (χ3n) is 3.68. The first-order chi connectivity index (χ1) is 10.7. The van der Waals surface area contributed by atoms with Crippen molar-refractivity contribution in [2.24, 2.45) is 11.7 Å². The molecule has 0 unspecified atom stereocenters. The fourth-order valence-electron chi connectivity index (χ4n) is 2.45. The van der Waals surface area contributed by atoms with Crippen molar-refractivity contribution in [3.63, 3.8) is 0 Å². The molecule has 0 aromatic heterocycles. The minimum Gasteiger partial charge on any atom is -0.380 e. The van der Waals surface area contributed by atoms with Crippen LogP contribution < -0.4 is 5.73 Å². The normalized spacial score (nSPS) is 18.7. The first-order valence-electron chi connectivity index (χ1n) is 8.29. The maximum absolute atomic E-state index is 5.67. The molecule has 1 aliphatic heterocycles. The van der Waals surface area contributed by atoms with Gasteiger partial charge in [-0.1, -0.05) is 48.0 Å². The molecule has 0 saturated carbocycles. The summed E-state index contributed by atoms with van der Waals surface area (Å²) >= 11 is 3.48. The van der Waals surface area contributed by atoms with E-state index in [0.29, 0.717) is 12.5 Å². The Balaban J connectivity index is 2.23. The summed E-state index contributed by atoms with van der Waals surface area (Å²) in [7, 11) is 0. The zero-order valence-corrected chi connectivity index (χ0v) is 15.7. The SMILES string of the molecule is CC(C)COCCN1CCN(CC(/C=C\CN)=C/CBr)CC1. The molecule has 1 aliphatic rings. The van der Waals surface area contributed by atoms with Crippen molar-refractivity contribution in [1.29, 1.82) is 0 Å². The van der Waals surface area contributed by atoms with E-state index in [4.69, 9.17) is 10.5 Å². The number of halogens is 1. The highest BCUT2D eigenvalue weighted by molar-refractivity contribution is 9.09. The molecule has 1 rings (SSSR count). The molecule has 128 valence electrons. The van der Waals surface area contributed by atoms with Crippen LogP contribution in [0.25, 0.3) is 0 Å². The van der Waals surface area contributed by atoms with Crippen LogP contribution in [0.2, 0.25) is 0 Å². The highest BCUT2D eigenvalue weighted by Gasteiger charge is 2.16. The largest absolute Gasteiger partial charge is 0.380 e. The first kappa shape index (κ1) is 19.8. The number of piperazine rings is 1. The van der Waals surface area contributed by atoms with E-state index in [0.717, 1.165) is 57.8 Å². The van der Waals surface area contributed by atoms with Crippen molar-refractivity contribution in [3.8, 4) is 0 Å². The lowest BCUT2D eigenvalue weighted by Gasteiger charge is -2.34. The average Bonchev–Trinajstić information content (AvgIpc) is 2.51. The minimum atomic E-state index is 0.601. The standard InChI is InChI=1S/C17H32BrN3O/c1-16(2)15-22-13-12-20-8-10-21(11-9-20)14-17(5-6-18)4-3-7-19/h3-5,16H,6-15,19H2,1-2H3/b4-3-,17-5+. The van der Waals surface area contributed by atoms with Gasteiger partial charge in [0.25, 0.3) is 0 Å². The highest BCUT2D eigenvalue weighted by Crippen LogP contribution is 2.07. The number of hydrogen-bond acceptors (Lipinski definition) is 4. The van der Waals surface area contributed by atoms with E-state index in [9.17, 15) is 0 Å². The predicted octanol–water partition coefficient (Wildman–Crippen LogP) is 2.11. The summed E-state index contributed by atoms with van der Waals surface area (Å²) in [6.07, 6.45) is 6.39.